The Morgan fingerprint density at radius 3 is 2.43 bits per heavy atom. The number of aryl methyl sites for hydroxylation is 1. The summed E-state index contributed by atoms with van der Waals surface area (Å²) in [7, 11) is 0. The molecule has 3 aromatic rings. The Morgan fingerprint density at radius 1 is 1.11 bits per heavy atom. The molecule has 1 saturated heterocycles. The van der Waals surface area contributed by atoms with Gasteiger partial charge in [-0.1, -0.05) is 11.6 Å². The van der Waals surface area contributed by atoms with Crippen molar-refractivity contribution in [3.63, 3.8) is 0 Å². The van der Waals surface area contributed by atoms with Crippen molar-refractivity contribution < 1.29 is 17.9 Å². The van der Waals surface area contributed by atoms with Crippen LogP contribution in [0, 0.1) is 18.8 Å². The summed E-state index contributed by atoms with van der Waals surface area (Å²) in [6, 6.07) is 5.49. The molecule has 2 fully saturated rings. The molecule has 0 radical (unpaired) electrons. The first-order valence-electron chi connectivity index (χ1n) is 11.6. The predicted octanol–water partition coefficient (Wildman–Crippen LogP) is 4.99. The molecule has 1 aromatic carbocycles. The van der Waals surface area contributed by atoms with Crippen LogP contribution < -0.4 is 15.4 Å². The van der Waals surface area contributed by atoms with Gasteiger partial charge in [-0.05, 0) is 63.6 Å². The lowest BCUT2D eigenvalue weighted by atomic mass is 9.93. The average Bonchev–Trinajstić information content (AvgIpc) is 3.41. The fourth-order valence-corrected chi connectivity index (χ4v) is 5.22. The fourth-order valence-electron chi connectivity index (χ4n) is 4.99. The van der Waals surface area contributed by atoms with E-state index in [1.54, 1.807) is 4.68 Å². The second kappa shape index (κ2) is 8.70. The lowest BCUT2D eigenvalue weighted by Crippen LogP contribution is -2.49. The highest BCUT2D eigenvalue weighted by atomic mass is 35.5. The van der Waals surface area contributed by atoms with Crippen LogP contribution in [0.15, 0.2) is 24.3 Å². The Hall–Kier alpha value is -2.79. The molecular formula is C23H27ClF3N7O. The van der Waals surface area contributed by atoms with Gasteiger partial charge in [-0.15, -0.1) is 5.10 Å². The largest absolute Gasteiger partial charge is 0.424 e. The van der Waals surface area contributed by atoms with Crippen LogP contribution in [0.2, 0.25) is 5.02 Å². The number of hydrogen-bond acceptors (Lipinski definition) is 6. The van der Waals surface area contributed by atoms with E-state index < -0.39 is 16.8 Å². The molecular weight excluding hydrogens is 483 g/mol. The number of nitrogens with zero attached hydrogens (tertiary/aromatic N) is 6. The first-order valence-corrected chi connectivity index (χ1v) is 12.0. The molecule has 2 aliphatic rings. The van der Waals surface area contributed by atoms with Gasteiger partial charge >= 0.3 is 12.2 Å². The van der Waals surface area contributed by atoms with Crippen LogP contribution in [-0.4, -0.2) is 43.7 Å². The minimum absolute atomic E-state index is 0.0407. The van der Waals surface area contributed by atoms with E-state index in [1.165, 1.54) is 10.7 Å². The summed E-state index contributed by atoms with van der Waals surface area (Å²) in [4.78, 5) is 6.79. The van der Waals surface area contributed by atoms with Crippen molar-refractivity contribution in [2.24, 2.45) is 17.6 Å². The van der Waals surface area contributed by atoms with Gasteiger partial charge in [0, 0.05) is 25.2 Å². The van der Waals surface area contributed by atoms with Crippen molar-refractivity contribution >= 4 is 17.4 Å². The minimum atomic E-state index is -4.61. The Kier molecular flexibility index (Phi) is 5.95. The van der Waals surface area contributed by atoms with E-state index in [-0.39, 0.29) is 29.8 Å². The summed E-state index contributed by atoms with van der Waals surface area (Å²) in [5.74, 6) is 1.98. The summed E-state index contributed by atoms with van der Waals surface area (Å²) in [6.07, 6.45) is -2.37. The van der Waals surface area contributed by atoms with E-state index in [0.717, 1.165) is 49.6 Å². The Labute approximate surface area is 205 Å². The Balaban J connectivity index is 1.49. The molecule has 1 aliphatic carbocycles. The van der Waals surface area contributed by atoms with E-state index in [9.17, 15) is 13.2 Å². The number of fused-ring (bicyclic) bond motifs is 2. The van der Waals surface area contributed by atoms with E-state index in [0.29, 0.717) is 11.8 Å². The van der Waals surface area contributed by atoms with Crippen LogP contribution in [0.3, 0.4) is 0 Å². The second-order valence-corrected chi connectivity index (χ2v) is 10.0. The van der Waals surface area contributed by atoms with E-state index in [1.807, 2.05) is 26.8 Å². The monoisotopic (exact) mass is 509 g/mol. The van der Waals surface area contributed by atoms with Crippen LogP contribution >= 0.6 is 11.6 Å². The van der Waals surface area contributed by atoms with Gasteiger partial charge in [-0.3, -0.25) is 0 Å². The zero-order valence-corrected chi connectivity index (χ0v) is 20.4. The van der Waals surface area contributed by atoms with Gasteiger partial charge in [-0.25, -0.2) is 4.68 Å². The number of halogens is 4. The number of alkyl halides is 3. The van der Waals surface area contributed by atoms with Crippen molar-refractivity contribution in [1.82, 2.24) is 24.5 Å². The molecule has 188 valence electrons. The van der Waals surface area contributed by atoms with Crippen molar-refractivity contribution in [2.45, 2.75) is 51.9 Å². The van der Waals surface area contributed by atoms with Crippen molar-refractivity contribution in [2.75, 3.05) is 18.0 Å². The SMILES string of the molecule is Cc1cc(N2CC3CCC(C2)C3N)n(-c2nc(Oc3ccc(Cl)c(C(F)(F)F)c3)n(C(C)C)n2)n1. The Morgan fingerprint density at radius 2 is 1.80 bits per heavy atom. The van der Waals surface area contributed by atoms with Gasteiger partial charge < -0.3 is 15.4 Å². The highest BCUT2D eigenvalue weighted by Crippen LogP contribution is 2.39. The second-order valence-electron chi connectivity index (χ2n) is 9.61. The number of aromatic nitrogens is 5. The number of hydrogen-bond donors (Lipinski definition) is 1. The maximum absolute atomic E-state index is 13.3. The molecule has 3 heterocycles. The van der Waals surface area contributed by atoms with Crippen molar-refractivity contribution in [3.05, 3.63) is 40.5 Å². The molecule has 5 rings (SSSR count). The van der Waals surface area contributed by atoms with E-state index in [2.05, 4.69) is 20.1 Å². The summed E-state index contributed by atoms with van der Waals surface area (Å²) in [6.45, 7) is 7.33. The number of anilines is 1. The van der Waals surface area contributed by atoms with Gasteiger partial charge in [0.2, 0.25) is 0 Å². The number of ether oxygens (including phenoxy) is 1. The van der Waals surface area contributed by atoms with Crippen LogP contribution in [0.4, 0.5) is 19.0 Å². The van der Waals surface area contributed by atoms with Gasteiger partial charge in [0.15, 0.2) is 0 Å². The fraction of sp³-hybridized carbons (Fsp3) is 0.522. The maximum atomic E-state index is 13.3. The third-order valence-electron chi connectivity index (χ3n) is 6.76. The van der Waals surface area contributed by atoms with Gasteiger partial charge in [-0.2, -0.15) is 27.9 Å². The topological polar surface area (TPSA) is 87.0 Å². The van der Waals surface area contributed by atoms with Crippen molar-refractivity contribution in [1.29, 1.82) is 0 Å². The number of benzene rings is 1. The van der Waals surface area contributed by atoms with Gasteiger partial charge in [0.05, 0.1) is 22.3 Å². The summed E-state index contributed by atoms with van der Waals surface area (Å²) in [5, 5.41) is 8.79. The van der Waals surface area contributed by atoms with E-state index >= 15 is 0 Å². The first-order chi connectivity index (χ1) is 16.5. The molecule has 0 amide bonds. The predicted molar refractivity (Wildman–Crippen MR) is 125 cm³/mol. The highest BCUT2D eigenvalue weighted by Gasteiger charge is 2.41. The summed E-state index contributed by atoms with van der Waals surface area (Å²) >= 11 is 5.74. The van der Waals surface area contributed by atoms with Crippen LogP contribution in [0.1, 0.15) is 44.0 Å². The van der Waals surface area contributed by atoms with E-state index in [4.69, 9.17) is 22.1 Å². The third-order valence-corrected chi connectivity index (χ3v) is 7.09. The normalized spacial score (nSPS) is 22.3. The van der Waals surface area contributed by atoms with Crippen LogP contribution in [0.25, 0.3) is 5.95 Å². The molecule has 2 unspecified atom stereocenters. The van der Waals surface area contributed by atoms with Crippen LogP contribution in [-0.2, 0) is 6.18 Å². The summed E-state index contributed by atoms with van der Waals surface area (Å²) in [5.41, 5.74) is 6.21. The number of nitrogens with two attached hydrogens (primary N) is 1. The zero-order valence-electron chi connectivity index (χ0n) is 19.6. The number of piperidine rings is 1. The first kappa shape index (κ1) is 23.9. The maximum Gasteiger partial charge on any atom is 0.417 e. The average molecular weight is 510 g/mol. The molecule has 1 saturated carbocycles. The molecule has 2 N–H and O–H groups in total. The molecule has 2 atom stereocenters. The third kappa shape index (κ3) is 4.47. The molecule has 35 heavy (non-hydrogen) atoms. The molecule has 1 aliphatic heterocycles. The smallest absolute Gasteiger partial charge is 0.417 e. The minimum Gasteiger partial charge on any atom is -0.424 e. The molecule has 0 spiro atoms. The van der Waals surface area contributed by atoms with Crippen molar-refractivity contribution in [3.8, 4) is 17.7 Å². The standard InChI is InChI=1S/C23H27ClF3N7O/c1-12(2)33-22(35-16-6-7-18(24)17(9-16)23(25,26)27)29-21(31-33)34-19(8-13(3)30-34)32-10-14-4-5-15(11-32)20(14)28/h6-9,12,14-15,20H,4-5,10-11,28H2,1-3H3. The molecule has 12 heteroatoms. The van der Waals surface area contributed by atoms with Gasteiger partial charge in [0.25, 0.3) is 5.95 Å². The lowest BCUT2D eigenvalue weighted by Gasteiger charge is -2.37. The number of rotatable bonds is 5. The lowest BCUT2D eigenvalue weighted by molar-refractivity contribution is -0.137. The molecule has 2 aromatic heterocycles. The Bertz CT molecular complexity index is 1220. The summed E-state index contributed by atoms with van der Waals surface area (Å²) < 4.78 is 48.9. The quantitative estimate of drug-likeness (QED) is 0.521. The molecule has 8 nitrogen and oxygen atoms in total. The zero-order chi connectivity index (χ0) is 25.1. The van der Waals surface area contributed by atoms with Crippen LogP contribution in [0.5, 0.6) is 11.8 Å². The molecule has 2 bridgehead atoms. The van der Waals surface area contributed by atoms with Gasteiger partial charge in [0.1, 0.15) is 11.6 Å². The highest BCUT2D eigenvalue weighted by molar-refractivity contribution is 6.31.